The minimum atomic E-state index is -0.236. The molecular formula is C12H17FN2O. The van der Waals surface area contributed by atoms with Crippen LogP contribution in [0.3, 0.4) is 0 Å². The van der Waals surface area contributed by atoms with Gasteiger partial charge in [0.25, 0.3) is 0 Å². The molecule has 0 radical (unpaired) electrons. The molecule has 0 aromatic heterocycles. The van der Waals surface area contributed by atoms with Crippen LogP contribution >= 0.6 is 0 Å². The van der Waals surface area contributed by atoms with Gasteiger partial charge in [-0.1, -0.05) is 6.07 Å². The van der Waals surface area contributed by atoms with E-state index in [0.29, 0.717) is 0 Å². The topological polar surface area (TPSA) is 35.5 Å². The summed E-state index contributed by atoms with van der Waals surface area (Å²) in [5, 5.41) is 12.6. The van der Waals surface area contributed by atoms with E-state index < -0.39 is 0 Å². The summed E-state index contributed by atoms with van der Waals surface area (Å²) in [7, 11) is 0. The van der Waals surface area contributed by atoms with Crippen molar-refractivity contribution >= 4 is 5.69 Å². The summed E-state index contributed by atoms with van der Waals surface area (Å²) in [5.74, 6) is -0.236. The fourth-order valence-corrected chi connectivity index (χ4v) is 2.27. The maximum atomic E-state index is 13.2. The normalized spacial score (nSPS) is 25.8. The lowest BCUT2D eigenvalue weighted by atomic mass is 10.1. The first-order valence-corrected chi connectivity index (χ1v) is 5.58. The van der Waals surface area contributed by atoms with Crippen molar-refractivity contribution in [3.8, 4) is 0 Å². The van der Waals surface area contributed by atoms with Crippen LogP contribution in [0.1, 0.15) is 6.92 Å². The molecular weight excluding hydrogens is 207 g/mol. The molecule has 88 valence electrons. The molecule has 1 aliphatic heterocycles. The third kappa shape index (κ3) is 2.18. The van der Waals surface area contributed by atoms with Crippen molar-refractivity contribution in [2.75, 3.05) is 24.6 Å². The molecule has 1 saturated heterocycles. The van der Waals surface area contributed by atoms with Crippen LogP contribution in [-0.4, -0.2) is 36.9 Å². The summed E-state index contributed by atoms with van der Waals surface area (Å²) >= 11 is 0. The maximum Gasteiger partial charge on any atom is 0.125 e. The van der Waals surface area contributed by atoms with Gasteiger partial charge in [0.2, 0.25) is 0 Å². The van der Waals surface area contributed by atoms with Gasteiger partial charge in [-0.3, -0.25) is 0 Å². The van der Waals surface area contributed by atoms with Gasteiger partial charge in [0.1, 0.15) is 5.82 Å². The Morgan fingerprint density at radius 1 is 1.50 bits per heavy atom. The first kappa shape index (κ1) is 11.4. The average molecular weight is 224 g/mol. The minimum absolute atomic E-state index is 0.0190. The molecule has 0 saturated carbocycles. The van der Waals surface area contributed by atoms with Crippen molar-refractivity contribution in [1.29, 1.82) is 0 Å². The average Bonchev–Trinajstić information content (AvgIpc) is 2.28. The maximum absolute atomic E-state index is 13.2. The molecule has 2 rings (SSSR count). The van der Waals surface area contributed by atoms with E-state index in [-0.39, 0.29) is 24.5 Å². The molecule has 16 heavy (non-hydrogen) atoms. The SMILES string of the molecule is CC1CNCC(CO)N1c1cccc(F)c1. The molecule has 0 spiro atoms. The Hall–Kier alpha value is -1.13. The highest BCUT2D eigenvalue weighted by Gasteiger charge is 2.27. The standard InChI is InChI=1S/C12H17FN2O/c1-9-6-14-7-12(8-16)15(9)11-4-2-3-10(13)5-11/h2-5,9,12,14,16H,6-8H2,1H3. The molecule has 1 aromatic rings. The van der Waals surface area contributed by atoms with E-state index in [0.717, 1.165) is 18.8 Å². The number of nitrogens with one attached hydrogen (secondary N) is 1. The van der Waals surface area contributed by atoms with Gasteiger partial charge in [-0.2, -0.15) is 0 Å². The Balaban J connectivity index is 2.28. The zero-order chi connectivity index (χ0) is 11.5. The summed E-state index contributed by atoms with van der Waals surface area (Å²) in [5.41, 5.74) is 0.841. The van der Waals surface area contributed by atoms with Gasteiger partial charge in [-0.15, -0.1) is 0 Å². The van der Waals surface area contributed by atoms with Gasteiger partial charge in [0, 0.05) is 24.8 Å². The molecule has 0 aliphatic carbocycles. The molecule has 1 aromatic carbocycles. The van der Waals surface area contributed by atoms with Gasteiger partial charge in [0.15, 0.2) is 0 Å². The number of piperazine rings is 1. The third-order valence-electron chi connectivity index (χ3n) is 3.01. The number of hydrogen-bond acceptors (Lipinski definition) is 3. The van der Waals surface area contributed by atoms with Crippen molar-refractivity contribution in [3.63, 3.8) is 0 Å². The van der Waals surface area contributed by atoms with Crippen molar-refractivity contribution in [2.45, 2.75) is 19.0 Å². The number of hydrogen-bond donors (Lipinski definition) is 2. The van der Waals surface area contributed by atoms with Gasteiger partial charge in [-0.05, 0) is 25.1 Å². The molecule has 1 aliphatic rings. The highest BCUT2D eigenvalue weighted by molar-refractivity contribution is 5.49. The lowest BCUT2D eigenvalue weighted by Gasteiger charge is -2.42. The summed E-state index contributed by atoms with van der Waals surface area (Å²) in [4.78, 5) is 2.08. The highest BCUT2D eigenvalue weighted by Crippen LogP contribution is 2.22. The highest BCUT2D eigenvalue weighted by atomic mass is 19.1. The predicted octanol–water partition coefficient (Wildman–Crippen LogP) is 0.985. The quantitative estimate of drug-likeness (QED) is 0.786. The second-order valence-electron chi connectivity index (χ2n) is 4.23. The smallest absolute Gasteiger partial charge is 0.125 e. The molecule has 4 heteroatoms. The van der Waals surface area contributed by atoms with E-state index in [1.807, 2.05) is 6.07 Å². The summed E-state index contributed by atoms with van der Waals surface area (Å²) in [6.45, 7) is 3.73. The second kappa shape index (κ2) is 4.80. The monoisotopic (exact) mass is 224 g/mol. The number of rotatable bonds is 2. The fourth-order valence-electron chi connectivity index (χ4n) is 2.27. The molecule has 1 heterocycles. The number of nitrogens with zero attached hydrogens (tertiary/aromatic N) is 1. The van der Waals surface area contributed by atoms with Crippen molar-refractivity contribution < 1.29 is 9.50 Å². The third-order valence-corrected chi connectivity index (χ3v) is 3.01. The van der Waals surface area contributed by atoms with E-state index in [9.17, 15) is 9.50 Å². The van der Waals surface area contributed by atoms with Gasteiger partial charge in [-0.25, -0.2) is 4.39 Å². The largest absolute Gasteiger partial charge is 0.394 e. The first-order chi connectivity index (χ1) is 7.72. The Labute approximate surface area is 94.9 Å². The van der Waals surface area contributed by atoms with Crippen molar-refractivity contribution in [2.24, 2.45) is 0 Å². The van der Waals surface area contributed by atoms with Gasteiger partial charge < -0.3 is 15.3 Å². The van der Waals surface area contributed by atoms with E-state index in [4.69, 9.17) is 0 Å². The number of halogens is 1. The summed E-state index contributed by atoms with van der Waals surface area (Å²) in [6.07, 6.45) is 0. The van der Waals surface area contributed by atoms with Crippen LogP contribution in [-0.2, 0) is 0 Å². The van der Waals surface area contributed by atoms with Crippen molar-refractivity contribution in [1.82, 2.24) is 5.32 Å². The van der Waals surface area contributed by atoms with E-state index in [1.54, 1.807) is 6.07 Å². The van der Waals surface area contributed by atoms with Crippen LogP contribution < -0.4 is 10.2 Å². The summed E-state index contributed by atoms with van der Waals surface area (Å²) < 4.78 is 13.2. The molecule has 3 nitrogen and oxygen atoms in total. The molecule has 1 fully saturated rings. The zero-order valence-electron chi connectivity index (χ0n) is 9.36. The van der Waals surface area contributed by atoms with Crippen molar-refractivity contribution in [3.05, 3.63) is 30.1 Å². The van der Waals surface area contributed by atoms with Crippen LogP contribution in [0, 0.1) is 5.82 Å². The molecule has 2 N–H and O–H groups in total. The number of anilines is 1. The Kier molecular flexibility index (Phi) is 3.41. The van der Waals surface area contributed by atoms with Gasteiger partial charge >= 0.3 is 0 Å². The van der Waals surface area contributed by atoms with Crippen LogP contribution in [0.4, 0.5) is 10.1 Å². The second-order valence-corrected chi connectivity index (χ2v) is 4.23. The fraction of sp³-hybridized carbons (Fsp3) is 0.500. The lowest BCUT2D eigenvalue weighted by Crippen LogP contribution is -2.58. The van der Waals surface area contributed by atoms with E-state index in [2.05, 4.69) is 17.1 Å². The van der Waals surface area contributed by atoms with E-state index >= 15 is 0 Å². The zero-order valence-corrected chi connectivity index (χ0v) is 9.36. The molecule has 0 bridgehead atoms. The Morgan fingerprint density at radius 3 is 3.00 bits per heavy atom. The van der Waals surface area contributed by atoms with Crippen LogP contribution in [0.2, 0.25) is 0 Å². The minimum Gasteiger partial charge on any atom is -0.394 e. The molecule has 0 amide bonds. The molecule has 2 atom stereocenters. The lowest BCUT2D eigenvalue weighted by molar-refractivity contribution is 0.235. The molecule has 2 unspecified atom stereocenters. The first-order valence-electron chi connectivity index (χ1n) is 5.58. The number of benzene rings is 1. The van der Waals surface area contributed by atoms with Crippen LogP contribution in [0.15, 0.2) is 24.3 Å². The Morgan fingerprint density at radius 2 is 2.31 bits per heavy atom. The van der Waals surface area contributed by atoms with Gasteiger partial charge in [0.05, 0.1) is 12.6 Å². The number of aliphatic hydroxyl groups is 1. The summed E-state index contributed by atoms with van der Waals surface area (Å²) in [6, 6.07) is 6.81. The van der Waals surface area contributed by atoms with Crippen LogP contribution in [0.5, 0.6) is 0 Å². The number of aliphatic hydroxyl groups excluding tert-OH is 1. The van der Waals surface area contributed by atoms with Crippen LogP contribution in [0.25, 0.3) is 0 Å². The predicted molar refractivity (Wildman–Crippen MR) is 62.1 cm³/mol. The van der Waals surface area contributed by atoms with E-state index in [1.165, 1.54) is 12.1 Å². The Bertz CT molecular complexity index is 359.